The summed E-state index contributed by atoms with van der Waals surface area (Å²) < 4.78 is 32.3. The van der Waals surface area contributed by atoms with Gasteiger partial charge in [-0.3, -0.25) is 0 Å². The fourth-order valence-electron chi connectivity index (χ4n) is 2.25. The largest absolute Gasteiger partial charge is 0.379 e. The van der Waals surface area contributed by atoms with Gasteiger partial charge in [0, 0.05) is 30.6 Å². The van der Waals surface area contributed by atoms with Gasteiger partial charge in [-0.25, -0.2) is 13.4 Å². The van der Waals surface area contributed by atoms with Crippen LogP contribution in [0.1, 0.15) is 25.6 Å². The summed E-state index contributed by atoms with van der Waals surface area (Å²) in [6.07, 6.45) is 0. The van der Waals surface area contributed by atoms with E-state index in [-0.39, 0.29) is 6.04 Å². The number of morpholine rings is 1. The summed E-state index contributed by atoms with van der Waals surface area (Å²) in [5.74, 6) is 0.735. The molecule has 0 radical (unpaired) electrons. The molecule has 1 aliphatic rings. The van der Waals surface area contributed by atoms with E-state index in [9.17, 15) is 8.42 Å². The van der Waals surface area contributed by atoms with Crippen molar-refractivity contribution in [3.63, 3.8) is 0 Å². The van der Waals surface area contributed by atoms with Crippen molar-refractivity contribution in [1.29, 1.82) is 0 Å². The van der Waals surface area contributed by atoms with Crippen molar-refractivity contribution in [2.24, 2.45) is 4.99 Å². The summed E-state index contributed by atoms with van der Waals surface area (Å²) in [6, 6.07) is 3.78. The van der Waals surface area contributed by atoms with Crippen molar-refractivity contribution in [2.45, 2.75) is 37.6 Å². The van der Waals surface area contributed by atoms with Gasteiger partial charge in [-0.1, -0.05) is 0 Å². The van der Waals surface area contributed by atoms with Crippen LogP contribution in [0.15, 0.2) is 21.3 Å². The second-order valence-electron chi connectivity index (χ2n) is 5.73. The number of aliphatic imine (C=N–C) groups is 1. The number of rotatable bonds is 6. The highest BCUT2D eigenvalue weighted by molar-refractivity contribution is 7.91. The maximum absolute atomic E-state index is 12.6. The lowest BCUT2D eigenvalue weighted by Crippen LogP contribution is -2.40. The number of hydrogen-bond acceptors (Lipinski definition) is 5. The van der Waals surface area contributed by atoms with Gasteiger partial charge in [-0.2, -0.15) is 4.31 Å². The minimum absolute atomic E-state index is 0.281. The minimum atomic E-state index is -3.42. The first-order chi connectivity index (χ1) is 11.4. The minimum Gasteiger partial charge on any atom is -0.379 e. The number of nitrogens with zero attached hydrogens (tertiary/aromatic N) is 2. The average molecular weight is 375 g/mol. The van der Waals surface area contributed by atoms with Gasteiger partial charge >= 0.3 is 0 Å². The molecule has 1 aliphatic heterocycles. The summed E-state index contributed by atoms with van der Waals surface area (Å²) in [7, 11) is -3.42. The topological polar surface area (TPSA) is 83.0 Å². The molecule has 2 N–H and O–H groups in total. The number of hydrogen-bond donors (Lipinski definition) is 2. The zero-order valence-corrected chi connectivity index (χ0v) is 16.0. The highest BCUT2D eigenvalue weighted by atomic mass is 32.2. The monoisotopic (exact) mass is 374 g/mol. The van der Waals surface area contributed by atoms with Gasteiger partial charge in [-0.05, 0) is 32.9 Å². The van der Waals surface area contributed by atoms with Crippen LogP contribution in [0.4, 0.5) is 0 Å². The molecule has 0 atom stereocenters. The Morgan fingerprint density at radius 2 is 2.08 bits per heavy atom. The molecule has 1 aromatic heterocycles. The van der Waals surface area contributed by atoms with Crippen LogP contribution in [0.3, 0.4) is 0 Å². The molecule has 1 saturated heterocycles. The normalized spacial score (nSPS) is 17.2. The summed E-state index contributed by atoms with van der Waals surface area (Å²) in [5, 5.41) is 6.42. The Kier molecular flexibility index (Phi) is 7.02. The molecule has 2 heterocycles. The predicted molar refractivity (Wildman–Crippen MR) is 97.0 cm³/mol. The maximum Gasteiger partial charge on any atom is 0.252 e. The van der Waals surface area contributed by atoms with E-state index in [2.05, 4.69) is 15.6 Å². The third-order valence-corrected chi connectivity index (χ3v) is 6.80. The smallest absolute Gasteiger partial charge is 0.252 e. The van der Waals surface area contributed by atoms with Crippen LogP contribution < -0.4 is 10.6 Å². The van der Waals surface area contributed by atoms with Crippen molar-refractivity contribution in [1.82, 2.24) is 14.9 Å². The van der Waals surface area contributed by atoms with E-state index in [0.717, 1.165) is 17.4 Å². The van der Waals surface area contributed by atoms with E-state index in [1.165, 1.54) is 15.6 Å². The molecular weight excluding hydrogens is 348 g/mol. The maximum atomic E-state index is 12.6. The van der Waals surface area contributed by atoms with Gasteiger partial charge < -0.3 is 15.4 Å². The molecule has 2 rings (SSSR count). The molecule has 0 unspecified atom stereocenters. The Labute approximate surface area is 148 Å². The van der Waals surface area contributed by atoms with Gasteiger partial charge in [0.25, 0.3) is 10.0 Å². The molecular formula is C15H26N4O3S2. The van der Waals surface area contributed by atoms with Gasteiger partial charge in [-0.15, -0.1) is 11.3 Å². The van der Waals surface area contributed by atoms with Crippen LogP contribution in [0, 0.1) is 0 Å². The van der Waals surface area contributed by atoms with Crippen molar-refractivity contribution in [2.75, 3.05) is 32.8 Å². The fraction of sp³-hybridized carbons (Fsp3) is 0.667. The number of thiophene rings is 1. The van der Waals surface area contributed by atoms with E-state index in [1.54, 1.807) is 6.07 Å². The van der Waals surface area contributed by atoms with Crippen molar-refractivity contribution < 1.29 is 13.2 Å². The Bertz CT molecular complexity index is 649. The van der Waals surface area contributed by atoms with E-state index >= 15 is 0 Å². The highest BCUT2D eigenvalue weighted by Crippen LogP contribution is 2.26. The van der Waals surface area contributed by atoms with E-state index < -0.39 is 10.0 Å². The Morgan fingerprint density at radius 1 is 1.38 bits per heavy atom. The fourth-order valence-corrected chi connectivity index (χ4v) is 5.09. The number of ether oxygens (including phenoxy) is 1. The van der Waals surface area contributed by atoms with Gasteiger partial charge in [0.15, 0.2) is 5.96 Å². The van der Waals surface area contributed by atoms with Crippen molar-refractivity contribution >= 4 is 27.3 Å². The molecule has 0 aliphatic carbocycles. The van der Waals surface area contributed by atoms with E-state index in [0.29, 0.717) is 37.1 Å². The van der Waals surface area contributed by atoms with Crippen LogP contribution in [-0.4, -0.2) is 57.6 Å². The van der Waals surface area contributed by atoms with Gasteiger partial charge in [0.2, 0.25) is 0 Å². The Hall–Kier alpha value is -1.16. The Balaban J connectivity index is 2.06. The zero-order valence-electron chi connectivity index (χ0n) is 14.4. The predicted octanol–water partition coefficient (Wildman–Crippen LogP) is 1.23. The third-order valence-electron chi connectivity index (χ3n) is 3.36. The first-order valence-electron chi connectivity index (χ1n) is 8.15. The molecule has 7 nitrogen and oxygen atoms in total. The summed E-state index contributed by atoms with van der Waals surface area (Å²) in [5.41, 5.74) is 0. The van der Waals surface area contributed by atoms with Crippen molar-refractivity contribution in [3.05, 3.63) is 17.0 Å². The molecule has 136 valence electrons. The number of sulfonamides is 1. The molecule has 24 heavy (non-hydrogen) atoms. The van der Waals surface area contributed by atoms with E-state index in [4.69, 9.17) is 4.74 Å². The zero-order chi connectivity index (χ0) is 17.6. The summed E-state index contributed by atoms with van der Waals surface area (Å²) >= 11 is 1.28. The Morgan fingerprint density at radius 3 is 2.71 bits per heavy atom. The highest BCUT2D eigenvalue weighted by Gasteiger charge is 2.27. The second-order valence-corrected chi connectivity index (χ2v) is 9.06. The SMILES string of the molecule is CCNC(=NCc1ccc(S(=O)(=O)N2CCOCC2)s1)NC(C)C. The summed E-state index contributed by atoms with van der Waals surface area (Å²) in [6.45, 7) is 9.06. The molecule has 0 amide bonds. The van der Waals surface area contributed by atoms with Crippen LogP contribution in [0.2, 0.25) is 0 Å². The standard InChI is InChI=1S/C15H26N4O3S2/c1-4-16-15(18-12(2)3)17-11-13-5-6-14(23-13)24(20,21)19-7-9-22-10-8-19/h5-6,12H,4,7-11H2,1-3H3,(H2,16,17,18). The lowest BCUT2D eigenvalue weighted by molar-refractivity contribution is 0.0731. The third kappa shape index (κ3) is 5.17. The average Bonchev–Trinajstić information content (AvgIpc) is 3.03. The van der Waals surface area contributed by atoms with E-state index in [1.807, 2.05) is 26.8 Å². The van der Waals surface area contributed by atoms with Gasteiger partial charge in [0.1, 0.15) is 4.21 Å². The summed E-state index contributed by atoms with van der Waals surface area (Å²) in [4.78, 5) is 5.43. The number of guanidine groups is 1. The van der Waals surface area contributed by atoms with Crippen LogP contribution in [0.25, 0.3) is 0 Å². The molecule has 0 aromatic carbocycles. The molecule has 0 bridgehead atoms. The lowest BCUT2D eigenvalue weighted by atomic mass is 10.4. The number of nitrogens with one attached hydrogen (secondary N) is 2. The van der Waals surface area contributed by atoms with Crippen LogP contribution >= 0.6 is 11.3 Å². The molecule has 9 heteroatoms. The lowest BCUT2D eigenvalue weighted by Gasteiger charge is -2.25. The molecule has 1 fully saturated rings. The first-order valence-corrected chi connectivity index (χ1v) is 10.4. The van der Waals surface area contributed by atoms with Crippen LogP contribution in [-0.2, 0) is 21.3 Å². The molecule has 0 saturated carbocycles. The quantitative estimate of drug-likeness (QED) is 0.578. The molecule has 1 aromatic rings. The van der Waals surface area contributed by atoms with Crippen molar-refractivity contribution in [3.8, 4) is 0 Å². The van der Waals surface area contributed by atoms with Crippen LogP contribution in [0.5, 0.6) is 0 Å². The molecule has 0 spiro atoms. The first kappa shape index (κ1) is 19.2. The second kappa shape index (κ2) is 8.80. The van der Waals surface area contributed by atoms with Gasteiger partial charge in [0.05, 0.1) is 19.8 Å².